The number of carbonyl (C=O) groups is 1. The predicted molar refractivity (Wildman–Crippen MR) is 130 cm³/mol. The van der Waals surface area contributed by atoms with Crippen LogP contribution in [0.15, 0.2) is 31.3 Å². The van der Waals surface area contributed by atoms with Gasteiger partial charge in [-0.1, -0.05) is 26.7 Å². The molecule has 2 heterocycles. The van der Waals surface area contributed by atoms with Crippen LogP contribution in [-0.2, 0) is 4.79 Å². The van der Waals surface area contributed by atoms with E-state index in [4.69, 9.17) is 14.1 Å². The van der Waals surface area contributed by atoms with E-state index in [0.717, 1.165) is 36.6 Å². The van der Waals surface area contributed by atoms with Gasteiger partial charge in [0.15, 0.2) is 0 Å². The van der Waals surface area contributed by atoms with Crippen LogP contribution in [0.4, 0.5) is 0 Å². The summed E-state index contributed by atoms with van der Waals surface area (Å²) >= 11 is 1.57. The number of thioether (sulfide) groups is 1. The van der Waals surface area contributed by atoms with Crippen molar-refractivity contribution in [1.82, 2.24) is 5.32 Å². The normalized spacial score (nSPS) is 21.9. The molecule has 0 aromatic carbocycles. The fraction of sp³-hybridized carbons (Fsp3) is 0.667. The van der Waals surface area contributed by atoms with Gasteiger partial charge in [0.1, 0.15) is 22.1 Å². The summed E-state index contributed by atoms with van der Waals surface area (Å²) in [5.74, 6) is 1.89. The highest BCUT2D eigenvalue weighted by Crippen LogP contribution is 2.32. The van der Waals surface area contributed by atoms with Gasteiger partial charge in [-0.2, -0.15) is 0 Å². The Balaban J connectivity index is 1.72. The second-order valence-electron chi connectivity index (χ2n) is 8.88. The van der Waals surface area contributed by atoms with Crippen molar-refractivity contribution < 1.29 is 13.9 Å². The largest absolute Gasteiger partial charge is 0.493 e. The number of amides is 1. The van der Waals surface area contributed by atoms with Crippen LogP contribution in [0.5, 0.6) is 5.75 Å². The van der Waals surface area contributed by atoms with E-state index < -0.39 is 17.2 Å². The first kappa shape index (κ1) is 24.6. The monoisotopic (exact) mass is 461 g/mol. The molecule has 7 nitrogen and oxygen atoms in total. The van der Waals surface area contributed by atoms with Crippen molar-refractivity contribution in [3.63, 3.8) is 0 Å². The minimum Gasteiger partial charge on any atom is -0.493 e. The molecule has 0 bridgehead atoms. The van der Waals surface area contributed by atoms with Crippen LogP contribution >= 0.6 is 11.8 Å². The van der Waals surface area contributed by atoms with Crippen molar-refractivity contribution in [3.8, 4) is 5.75 Å². The first-order valence-corrected chi connectivity index (χ1v) is 12.7. The summed E-state index contributed by atoms with van der Waals surface area (Å²) in [7, 11) is 0. The van der Waals surface area contributed by atoms with Gasteiger partial charge in [0, 0.05) is 18.4 Å². The third-order valence-electron chi connectivity index (χ3n) is 5.67. The Labute approximate surface area is 194 Å². The zero-order valence-electron chi connectivity index (χ0n) is 19.6. The van der Waals surface area contributed by atoms with E-state index >= 15 is 0 Å². The third kappa shape index (κ3) is 6.70. The summed E-state index contributed by atoms with van der Waals surface area (Å²) in [6.07, 6.45) is 5.96. The number of unbranched alkanes of at least 4 members (excludes halogenated alkanes) is 1. The molecule has 1 aromatic rings. The minimum absolute atomic E-state index is 0.174. The molecule has 1 fully saturated rings. The van der Waals surface area contributed by atoms with E-state index in [1.54, 1.807) is 17.8 Å². The lowest BCUT2D eigenvalue weighted by atomic mass is 10.0. The quantitative estimate of drug-likeness (QED) is 0.364. The van der Waals surface area contributed by atoms with Gasteiger partial charge >= 0.3 is 5.63 Å². The zero-order chi connectivity index (χ0) is 23.1. The molecule has 1 saturated carbocycles. The first-order valence-electron chi connectivity index (χ1n) is 11.7. The van der Waals surface area contributed by atoms with Gasteiger partial charge in [0.2, 0.25) is 5.91 Å². The van der Waals surface area contributed by atoms with E-state index in [0.29, 0.717) is 36.2 Å². The van der Waals surface area contributed by atoms with Crippen molar-refractivity contribution in [2.45, 2.75) is 77.8 Å². The van der Waals surface area contributed by atoms with Crippen molar-refractivity contribution in [1.29, 1.82) is 0 Å². The maximum atomic E-state index is 13.2. The fourth-order valence-electron chi connectivity index (χ4n) is 3.39. The number of hydrogen-bond acceptors (Lipinski definition) is 7. The third-order valence-corrected chi connectivity index (χ3v) is 7.04. The molecule has 0 radical (unpaired) electrons. The van der Waals surface area contributed by atoms with E-state index in [-0.39, 0.29) is 5.91 Å². The van der Waals surface area contributed by atoms with Crippen LogP contribution < -0.4 is 15.7 Å². The van der Waals surface area contributed by atoms with Gasteiger partial charge in [0.05, 0.1) is 24.4 Å². The van der Waals surface area contributed by atoms with Crippen molar-refractivity contribution >= 4 is 28.4 Å². The minimum atomic E-state index is -0.881. The summed E-state index contributed by atoms with van der Waals surface area (Å²) in [6, 6.07) is 2.68. The molecule has 2 aliphatic rings. The summed E-state index contributed by atoms with van der Waals surface area (Å²) < 4.78 is 11.2. The van der Waals surface area contributed by atoms with Crippen molar-refractivity contribution in [2.75, 3.05) is 18.9 Å². The average molecular weight is 462 g/mol. The van der Waals surface area contributed by atoms with Crippen LogP contribution in [-0.4, -0.2) is 41.1 Å². The van der Waals surface area contributed by atoms with E-state index in [9.17, 15) is 9.59 Å². The highest BCUT2D eigenvalue weighted by Gasteiger charge is 2.40. The van der Waals surface area contributed by atoms with Gasteiger partial charge in [0.25, 0.3) is 0 Å². The number of carbonyl (C=O) groups excluding carboxylic acids is 1. The topological polar surface area (TPSA) is 93.3 Å². The van der Waals surface area contributed by atoms with Gasteiger partial charge in [-0.25, -0.2) is 4.79 Å². The number of ether oxygens (including phenoxy) is 1. The van der Waals surface area contributed by atoms with E-state index in [1.807, 2.05) is 20.8 Å². The Kier molecular flexibility index (Phi) is 8.57. The van der Waals surface area contributed by atoms with Crippen LogP contribution in [0.1, 0.15) is 78.0 Å². The second kappa shape index (κ2) is 11.2. The Morgan fingerprint density at radius 1 is 1.38 bits per heavy atom. The molecule has 8 heteroatoms. The van der Waals surface area contributed by atoms with Gasteiger partial charge < -0.3 is 14.5 Å². The Morgan fingerprint density at radius 3 is 2.84 bits per heavy atom. The number of hydrogen-bond donors (Lipinski definition) is 1. The fourth-order valence-corrected chi connectivity index (χ4v) is 4.54. The average Bonchev–Trinajstić information content (AvgIpc) is 3.51. The van der Waals surface area contributed by atoms with Crippen LogP contribution in [0.2, 0.25) is 0 Å². The molecule has 2 atom stereocenters. The molecule has 32 heavy (non-hydrogen) atoms. The molecule has 1 aliphatic carbocycles. The second-order valence-corrected chi connectivity index (χ2v) is 9.85. The summed E-state index contributed by atoms with van der Waals surface area (Å²) in [5.41, 5.74) is -0.462. The molecule has 0 unspecified atom stereocenters. The molecular weight excluding hydrogens is 426 g/mol. The molecule has 176 valence electrons. The Hall–Kier alpha value is -2.09. The molecule has 1 aliphatic heterocycles. The smallest absolute Gasteiger partial charge is 0.339 e. The zero-order valence-corrected chi connectivity index (χ0v) is 20.4. The van der Waals surface area contributed by atoms with E-state index in [1.165, 1.54) is 18.9 Å². The lowest BCUT2D eigenvalue weighted by Gasteiger charge is -2.24. The standard InChI is InChI=1S/C24H35N3O4S/c1-5-7-11-25-16(3)22-27-24(4,15-32-22)23(29)26-19(8-6-2)20-12-18(13-21(28)31-20)30-14-17-9-10-17/h12-13,17,19H,5-11,14-15H2,1-4H3,(H,26,29)/t19-,24+/m1/s1. The lowest BCUT2D eigenvalue weighted by molar-refractivity contribution is -0.125. The predicted octanol–water partition coefficient (Wildman–Crippen LogP) is 4.55. The van der Waals surface area contributed by atoms with Gasteiger partial charge in [-0.15, -0.1) is 11.8 Å². The van der Waals surface area contributed by atoms with Crippen molar-refractivity contribution in [3.05, 3.63) is 28.3 Å². The molecular formula is C24H35N3O4S. The SMILES string of the molecule is CCCCN=C(C)C1=N[C@](C)(C(=O)N[C@H](CCC)c2cc(OCC3CC3)cc(=O)o2)CS1. The summed E-state index contributed by atoms with van der Waals surface area (Å²) in [5, 5.41) is 3.90. The Morgan fingerprint density at radius 2 is 2.16 bits per heavy atom. The van der Waals surface area contributed by atoms with E-state index in [2.05, 4.69) is 17.2 Å². The van der Waals surface area contributed by atoms with Crippen molar-refractivity contribution in [2.24, 2.45) is 15.9 Å². The first-order chi connectivity index (χ1) is 15.3. The molecule has 3 rings (SSSR count). The number of aliphatic imine (C=N–C) groups is 2. The summed E-state index contributed by atoms with van der Waals surface area (Å²) in [6.45, 7) is 9.35. The number of nitrogens with zero attached hydrogens (tertiary/aromatic N) is 2. The molecule has 1 N–H and O–H groups in total. The highest BCUT2D eigenvalue weighted by molar-refractivity contribution is 8.16. The Bertz CT molecular complexity index is 922. The maximum Gasteiger partial charge on any atom is 0.339 e. The van der Waals surface area contributed by atoms with Crippen LogP contribution in [0, 0.1) is 5.92 Å². The van der Waals surface area contributed by atoms with Crippen LogP contribution in [0.3, 0.4) is 0 Å². The molecule has 0 saturated heterocycles. The number of nitrogens with one attached hydrogen (secondary N) is 1. The summed E-state index contributed by atoms with van der Waals surface area (Å²) in [4.78, 5) is 34.6. The highest BCUT2D eigenvalue weighted by atomic mass is 32.2. The maximum absolute atomic E-state index is 13.2. The van der Waals surface area contributed by atoms with Gasteiger partial charge in [-0.05, 0) is 45.4 Å². The molecule has 0 spiro atoms. The van der Waals surface area contributed by atoms with Crippen LogP contribution in [0.25, 0.3) is 0 Å². The lowest BCUT2D eigenvalue weighted by Crippen LogP contribution is -2.45. The molecule has 1 amide bonds. The number of rotatable bonds is 12. The van der Waals surface area contributed by atoms with Gasteiger partial charge in [-0.3, -0.25) is 14.8 Å². The molecule has 1 aromatic heterocycles.